The van der Waals surface area contributed by atoms with E-state index in [1.807, 2.05) is 19.2 Å². The minimum atomic E-state index is -3.54. The molecular weight excluding hydrogens is 456 g/mol. The van der Waals surface area contributed by atoms with Gasteiger partial charge in [0.1, 0.15) is 0 Å². The third-order valence-electron chi connectivity index (χ3n) is 4.78. The quantitative estimate of drug-likeness (QED) is 0.584. The Labute approximate surface area is 189 Å². The highest BCUT2D eigenvalue weighted by molar-refractivity contribution is 7.89. The van der Waals surface area contributed by atoms with Gasteiger partial charge in [-0.25, -0.2) is 18.4 Å². The second kappa shape index (κ2) is 9.13. The predicted molar refractivity (Wildman–Crippen MR) is 121 cm³/mol. The molecule has 8 nitrogen and oxygen atoms in total. The molecule has 1 aliphatic rings. The van der Waals surface area contributed by atoms with Crippen molar-refractivity contribution in [1.82, 2.24) is 14.3 Å². The zero-order valence-corrected chi connectivity index (χ0v) is 19.6. The van der Waals surface area contributed by atoms with Crippen LogP contribution < -0.4 is 5.32 Å². The number of nitrogens with one attached hydrogen (secondary N) is 1. The van der Waals surface area contributed by atoms with E-state index < -0.39 is 10.0 Å². The lowest BCUT2D eigenvalue weighted by Crippen LogP contribution is -2.40. The molecule has 11 heteroatoms. The molecule has 1 amide bonds. The van der Waals surface area contributed by atoms with E-state index in [-0.39, 0.29) is 17.2 Å². The Bertz CT molecular complexity index is 1180. The van der Waals surface area contributed by atoms with E-state index in [2.05, 4.69) is 15.3 Å². The van der Waals surface area contributed by atoms with Crippen molar-refractivity contribution < 1.29 is 17.9 Å². The first-order valence-corrected chi connectivity index (χ1v) is 12.8. The number of nitrogens with zero attached hydrogens (tertiary/aromatic N) is 3. The lowest BCUT2D eigenvalue weighted by atomic mass is 10.1. The van der Waals surface area contributed by atoms with Gasteiger partial charge in [-0.2, -0.15) is 4.31 Å². The Morgan fingerprint density at radius 1 is 1.16 bits per heavy atom. The van der Waals surface area contributed by atoms with Crippen molar-refractivity contribution in [2.45, 2.75) is 25.2 Å². The second-order valence-electron chi connectivity index (χ2n) is 7.07. The molecule has 0 bridgehead atoms. The molecule has 0 spiro atoms. The fraction of sp³-hybridized carbons (Fsp3) is 0.350. The van der Waals surface area contributed by atoms with Crippen molar-refractivity contribution in [2.24, 2.45) is 0 Å². The van der Waals surface area contributed by atoms with Gasteiger partial charge in [0.2, 0.25) is 15.9 Å². The Kier molecular flexibility index (Phi) is 6.49. The average Bonchev–Trinajstić information content (AvgIpc) is 3.34. The van der Waals surface area contributed by atoms with Crippen LogP contribution in [0, 0.1) is 13.8 Å². The molecule has 1 aromatic carbocycles. The molecule has 0 aliphatic carbocycles. The van der Waals surface area contributed by atoms with Crippen LogP contribution in [0.3, 0.4) is 0 Å². The van der Waals surface area contributed by atoms with E-state index in [0.29, 0.717) is 31.4 Å². The number of rotatable bonds is 6. The van der Waals surface area contributed by atoms with Crippen molar-refractivity contribution in [3.05, 3.63) is 45.9 Å². The molecule has 0 atom stereocenters. The number of carbonyl (C=O) groups is 1. The lowest BCUT2D eigenvalue weighted by Gasteiger charge is -2.26. The smallest absolute Gasteiger partial charge is 0.243 e. The molecule has 3 heterocycles. The number of aromatic nitrogens is 2. The number of benzene rings is 1. The zero-order chi connectivity index (χ0) is 22.0. The maximum absolute atomic E-state index is 12.7. The van der Waals surface area contributed by atoms with Gasteiger partial charge in [-0.05, 0) is 31.5 Å². The molecule has 0 unspecified atom stereocenters. The summed E-state index contributed by atoms with van der Waals surface area (Å²) in [5, 5.41) is 6.22. The summed E-state index contributed by atoms with van der Waals surface area (Å²) >= 11 is 2.94. The molecular formula is C20H22N4O4S3. The van der Waals surface area contributed by atoms with Crippen LogP contribution in [0.15, 0.2) is 34.5 Å². The Morgan fingerprint density at radius 2 is 1.87 bits per heavy atom. The molecule has 0 radical (unpaired) electrons. The van der Waals surface area contributed by atoms with Crippen LogP contribution in [0.1, 0.15) is 16.3 Å². The van der Waals surface area contributed by atoms with Crippen molar-refractivity contribution >= 4 is 43.7 Å². The highest BCUT2D eigenvalue weighted by atomic mass is 32.2. The summed E-state index contributed by atoms with van der Waals surface area (Å²) in [6, 6.07) is 6.43. The largest absolute Gasteiger partial charge is 0.379 e. The van der Waals surface area contributed by atoms with Crippen LogP contribution in [-0.4, -0.2) is 54.9 Å². The molecule has 4 rings (SSSR count). The third-order valence-corrected chi connectivity index (χ3v) is 8.55. The number of sulfonamides is 1. The SMILES string of the molecule is Cc1nc(C)c(-c2csc(NC(=O)Cc3ccc(S(=O)(=O)N4CCOCC4)cc3)n2)s1. The summed E-state index contributed by atoms with van der Waals surface area (Å²) in [7, 11) is -3.54. The summed E-state index contributed by atoms with van der Waals surface area (Å²) in [5.74, 6) is -0.207. The third kappa shape index (κ3) is 5.01. The van der Waals surface area contributed by atoms with E-state index in [1.165, 1.54) is 15.6 Å². The first-order chi connectivity index (χ1) is 14.8. The number of thiazole rings is 2. The van der Waals surface area contributed by atoms with Gasteiger partial charge in [0.25, 0.3) is 0 Å². The van der Waals surface area contributed by atoms with Crippen LogP contribution >= 0.6 is 22.7 Å². The number of ether oxygens (including phenoxy) is 1. The maximum atomic E-state index is 12.7. The van der Waals surface area contributed by atoms with E-state index >= 15 is 0 Å². The molecule has 0 saturated carbocycles. The Balaban J connectivity index is 1.38. The van der Waals surface area contributed by atoms with E-state index in [9.17, 15) is 13.2 Å². The van der Waals surface area contributed by atoms with Gasteiger partial charge in [0.05, 0.1) is 45.8 Å². The predicted octanol–water partition coefficient (Wildman–Crippen LogP) is 3.09. The number of morpholine rings is 1. The van der Waals surface area contributed by atoms with Crippen LogP contribution in [0.2, 0.25) is 0 Å². The van der Waals surface area contributed by atoms with E-state index in [1.54, 1.807) is 35.6 Å². The molecule has 1 aliphatic heterocycles. The molecule has 3 aromatic rings. The zero-order valence-electron chi connectivity index (χ0n) is 17.1. The van der Waals surface area contributed by atoms with Gasteiger partial charge in [-0.1, -0.05) is 12.1 Å². The number of carbonyl (C=O) groups excluding carboxylic acids is 1. The van der Waals surface area contributed by atoms with Crippen molar-refractivity contribution in [3.8, 4) is 10.6 Å². The van der Waals surface area contributed by atoms with Gasteiger partial charge in [0, 0.05) is 18.5 Å². The van der Waals surface area contributed by atoms with Crippen LogP contribution in [0.5, 0.6) is 0 Å². The molecule has 2 aromatic heterocycles. The van der Waals surface area contributed by atoms with Crippen LogP contribution in [-0.2, 0) is 26.0 Å². The van der Waals surface area contributed by atoms with Gasteiger partial charge in [-0.15, -0.1) is 22.7 Å². The minimum Gasteiger partial charge on any atom is -0.379 e. The van der Waals surface area contributed by atoms with Crippen molar-refractivity contribution in [2.75, 3.05) is 31.6 Å². The summed E-state index contributed by atoms with van der Waals surface area (Å²) in [4.78, 5) is 22.6. The fourth-order valence-electron chi connectivity index (χ4n) is 3.27. The second-order valence-corrected chi connectivity index (χ2v) is 11.1. The Morgan fingerprint density at radius 3 is 2.52 bits per heavy atom. The van der Waals surface area contributed by atoms with Crippen molar-refractivity contribution in [3.63, 3.8) is 0 Å². The molecule has 31 heavy (non-hydrogen) atoms. The number of anilines is 1. The first-order valence-electron chi connectivity index (χ1n) is 9.69. The fourth-order valence-corrected chi connectivity index (χ4v) is 6.35. The molecule has 1 fully saturated rings. The van der Waals surface area contributed by atoms with Crippen LogP contribution in [0.4, 0.5) is 5.13 Å². The molecule has 164 valence electrons. The number of hydrogen-bond acceptors (Lipinski definition) is 8. The van der Waals surface area contributed by atoms with Gasteiger partial charge < -0.3 is 10.1 Å². The number of hydrogen-bond donors (Lipinski definition) is 1. The highest BCUT2D eigenvalue weighted by Gasteiger charge is 2.26. The number of aryl methyl sites for hydroxylation is 2. The van der Waals surface area contributed by atoms with Gasteiger partial charge >= 0.3 is 0 Å². The standard InChI is InChI=1S/C20H22N4O4S3/c1-13-19(30-14(2)21-13)17-12-29-20(22-17)23-18(25)11-15-3-5-16(6-4-15)31(26,27)24-7-9-28-10-8-24/h3-6,12H,7-11H2,1-2H3,(H,22,23,25). The normalized spacial score (nSPS) is 15.2. The van der Waals surface area contributed by atoms with Crippen molar-refractivity contribution in [1.29, 1.82) is 0 Å². The molecule has 1 N–H and O–H groups in total. The highest BCUT2D eigenvalue weighted by Crippen LogP contribution is 2.32. The topological polar surface area (TPSA) is 101 Å². The summed E-state index contributed by atoms with van der Waals surface area (Å²) in [6.07, 6.45) is 0.130. The van der Waals surface area contributed by atoms with Gasteiger partial charge in [-0.3, -0.25) is 4.79 Å². The van der Waals surface area contributed by atoms with E-state index in [0.717, 1.165) is 26.8 Å². The number of amides is 1. The summed E-state index contributed by atoms with van der Waals surface area (Å²) in [5.41, 5.74) is 2.46. The summed E-state index contributed by atoms with van der Waals surface area (Å²) < 4.78 is 32.0. The Hall–Kier alpha value is -2.18. The first kappa shape index (κ1) is 22.0. The minimum absolute atomic E-state index is 0.130. The van der Waals surface area contributed by atoms with E-state index in [4.69, 9.17) is 4.74 Å². The lowest BCUT2D eigenvalue weighted by molar-refractivity contribution is -0.115. The van der Waals surface area contributed by atoms with Crippen LogP contribution in [0.25, 0.3) is 10.6 Å². The maximum Gasteiger partial charge on any atom is 0.243 e. The monoisotopic (exact) mass is 478 g/mol. The summed E-state index contributed by atoms with van der Waals surface area (Å²) in [6.45, 7) is 5.40. The molecule has 1 saturated heterocycles. The average molecular weight is 479 g/mol. The van der Waals surface area contributed by atoms with Gasteiger partial charge in [0.15, 0.2) is 5.13 Å².